The van der Waals surface area contributed by atoms with Crippen molar-refractivity contribution < 1.29 is 14.3 Å². The molecule has 1 atom stereocenters. The maximum Gasteiger partial charge on any atom is 0.312 e. The largest absolute Gasteiger partial charge is 0.460 e. The lowest BCUT2D eigenvalue weighted by atomic mass is 9.65. The van der Waals surface area contributed by atoms with Crippen LogP contribution in [0, 0.1) is 18.3 Å². The predicted molar refractivity (Wildman–Crippen MR) is 137 cm³/mol. The van der Waals surface area contributed by atoms with Crippen molar-refractivity contribution in [2.24, 2.45) is 11.3 Å². The van der Waals surface area contributed by atoms with Crippen LogP contribution in [0.2, 0.25) is 0 Å². The lowest BCUT2D eigenvalue weighted by molar-refractivity contribution is -0.173. The van der Waals surface area contributed by atoms with Gasteiger partial charge in [-0.15, -0.1) is 0 Å². The highest BCUT2D eigenvalue weighted by molar-refractivity contribution is 5.96. The molecule has 2 aromatic carbocycles. The van der Waals surface area contributed by atoms with Crippen molar-refractivity contribution in [3.8, 4) is 0 Å². The van der Waals surface area contributed by atoms with Crippen molar-refractivity contribution >= 4 is 17.6 Å². The van der Waals surface area contributed by atoms with E-state index >= 15 is 0 Å². The first-order chi connectivity index (χ1) is 16.2. The minimum atomic E-state index is -0.485. The first kappa shape index (κ1) is 24.5. The van der Waals surface area contributed by atoms with Crippen LogP contribution in [0.5, 0.6) is 0 Å². The molecule has 0 aromatic heterocycles. The predicted octanol–water partition coefficient (Wildman–Crippen LogP) is 6.96. The second-order valence-corrected chi connectivity index (χ2v) is 11.4. The number of hydrogen-bond donors (Lipinski definition) is 1. The zero-order chi connectivity index (χ0) is 24.3. The lowest BCUT2D eigenvalue weighted by Crippen LogP contribution is -2.44. The first-order valence-electron chi connectivity index (χ1n) is 12.9. The van der Waals surface area contributed by atoms with E-state index in [-0.39, 0.29) is 17.8 Å². The fourth-order valence-electron chi connectivity index (χ4n) is 5.51. The first-order valence-corrected chi connectivity index (χ1v) is 12.9. The minimum absolute atomic E-state index is 0.0680. The summed E-state index contributed by atoms with van der Waals surface area (Å²) < 4.78 is 5.75. The molecule has 0 aliphatic heterocycles. The van der Waals surface area contributed by atoms with Crippen LogP contribution in [0.3, 0.4) is 0 Å². The van der Waals surface area contributed by atoms with Gasteiger partial charge in [-0.05, 0) is 89.0 Å². The average Bonchev–Trinajstić information content (AvgIpc) is 3.25. The molecule has 2 aliphatic rings. The molecule has 0 unspecified atom stereocenters. The smallest absolute Gasteiger partial charge is 0.312 e. The zero-order valence-corrected chi connectivity index (χ0v) is 21.2. The summed E-state index contributed by atoms with van der Waals surface area (Å²) in [7, 11) is 0. The fraction of sp³-hybridized carbons (Fsp3) is 0.533. The molecule has 2 aliphatic carbocycles. The molecule has 1 N–H and O–H groups in total. The van der Waals surface area contributed by atoms with Crippen LogP contribution in [-0.2, 0) is 20.7 Å². The van der Waals surface area contributed by atoms with E-state index in [4.69, 9.17) is 4.74 Å². The number of nitrogens with one attached hydrogen (secondary N) is 1. The lowest BCUT2D eigenvalue weighted by Gasteiger charge is -2.41. The Balaban J connectivity index is 1.50. The van der Waals surface area contributed by atoms with Gasteiger partial charge in [-0.25, -0.2) is 0 Å². The van der Waals surface area contributed by atoms with Gasteiger partial charge in [0.25, 0.3) is 0 Å². The normalized spacial score (nSPS) is 18.7. The average molecular weight is 462 g/mol. The van der Waals surface area contributed by atoms with Gasteiger partial charge in [0.1, 0.15) is 5.60 Å². The number of hydrogen-bond acceptors (Lipinski definition) is 3. The van der Waals surface area contributed by atoms with Gasteiger partial charge in [-0.3, -0.25) is 9.59 Å². The van der Waals surface area contributed by atoms with Crippen molar-refractivity contribution in [1.29, 1.82) is 0 Å². The molecule has 1 amide bonds. The van der Waals surface area contributed by atoms with E-state index in [1.807, 2.05) is 39.0 Å². The number of benzene rings is 2. The van der Waals surface area contributed by atoms with Crippen LogP contribution in [0.25, 0.3) is 0 Å². The summed E-state index contributed by atoms with van der Waals surface area (Å²) in [6.07, 6.45) is 8.01. The molecule has 182 valence electrons. The third-order valence-electron chi connectivity index (χ3n) is 7.47. The number of ether oxygens (including phenoxy) is 1. The maximum absolute atomic E-state index is 13.5. The summed E-state index contributed by atoms with van der Waals surface area (Å²) in [5.41, 5.74) is 3.25. The van der Waals surface area contributed by atoms with Gasteiger partial charge >= 0.3 is 5.97 Å². The third kappa shape index (κ3) is 5.71. The summed E-state index contributed by atoms with van der Waals surface area (Å²) >= 11 is 0. The Hall–Kier alpha value is -2.62. The molecule has 2 saturated carbocycles. The standard InChI is InChI=1S/C30H39NO3/c1-21-13-15-24(16-14-21)26(23-10-5-6-11-23)27(32)31-25-12-7-9-22(19-25)20-30(17-8-18-30)28(33)34-29(2,3)4/h7,9,12-16,19,23,26H,5-6,8,10-11,17-18,20H2,1-4H3,(H,31,32)/t26-/m0/s1. The van der Waals surface area contributed by atoms with Crippen LogP contribution in [0.15, 0.2) is 48.5 Å². The number of esters is 1. The molecule has 0 heterocycles. The van der Waals surface area contributed by atoms with Gasteiger partial charge in [0.2, 0.25) is 5.91 Å². The topological polar surface area (TPSA) is 55.4 Å². The summed E-state index contributed by atoms with van der Waals surface area (Å²) in [4.78, 5) is 26.5. The quantitative estimate of drug-likeness (QED) is 0.453. The second-order valence-electron chi connectivity index (χ2n) is 11.4. The van der Waals surface area contributed by atoms with Crippen molar-refractivity contribution in [1.82, 2.24) is 0 Å². The highest BCUT2D eigenvalue weighted by Crippen LogP contribution is 2.46. The van der Waals surface area contributed by atoms with Gasteiger partial charge in [0.05, 0.1) is 11.3 Å². The summed E-state index contributed by atoms with van der Waals surface area (Å²) in [5, 5.41) is 3.21. The highest BCUT2D eigenvalue weighted by Gasteiger charge is 2.46. The number of carbonyl (C=O) groups excluding carboxylic acids is 2. The molecule has 4 heteroatoms. The van der Waals surface area contributed by atoms with E-state index in [2.05, 4.69) is 42.6 Å². The molecule has 0 spiro atoms. The van der Waals surface area contributed by atoms with Crippen LogP contribution in [0.1, 0.15) is 88.3 Å². The van der Waals surface area contributed by atoms with Crippen LogP contribution < -0.4 is 5.32 Å². The van der Waals surface area contributed by atoms with Gasteiger partial charge in [0, 0.05) is 5.69 Å². The van der Waals surface area contributed by atoms with E-state index in [9.17, 15) is 9.59 Å². The van der Waals surface area contributed by atoms with E-state index in [0.29, 0.717) is 12.3 Å². The zero-order valence-electron chi connectivity index (χ0n) is 21.2. The maximum atomic E-state index is 13.5. The highest BCUT2D eigenvalue weighted by atomic mass is 16.6. The summed E-state index contributed by atoms with van der Waals surface area (Å²) in [6, 6.07) is 16.4. The Morgan fingerprint density at radius 2 is 1.71 bits per heavy atom. The van der Waals surface area contributed by atoms with Gasteiger partial charge < -0.3 is 10.1 Å². The van der Waals surface area contributed by atoms with E-state index in [1.54, 1.807) is 0 Å². The van der Waals surface area contributed by atoms with E-state index in [0.717, 1.165) is 48.9 Å². The van der Waals surface area contributed by atoms with Gasteiger partial charge in [-0.2, -0.15) is 0 Å². The molecule has 0 saturated heterocycles. The van der Waals surface area contributed by atoms with E-state index < -0.39 is 11.0 Å². The number of amides is 1. The molecule has 0 radical (unpaired) electrons. The Bertz CT molecular complexity index is 1010. The van der Waals surface area contributed by atoms with Crippen molar-refractivity contribution in [2.75, 3.05) is 5.32 Å². The monoisotopic (exact) mass is 461 g/mol. The van der Waals surface area contributed by atoms with Crippen molar-refractivity contribution in [3.63, 3.8) is 0 Å². The van der Waals surface area contributed by atoms with Crippen LogP contribution in [0.4, 0.5) is 5.69 Å². The summed E-state index contributed by atoms with van der Waals surface area (Å²) in [6.45, 7) is 7.83. The molecule has 2 aromatic rings. The van der Waals surface area contributed by atoms with Crippen LogP contribution >= 0.6 is 0 Å². The second kappa shape index (κ2) is 9.93. The SMILES string of the molecule is Cc1ccc([C@@H](C(=O)Nc2cccc(CC3(C(=O)OC(C)(C)C)CCC3)c2)C2CCCC2)cc1. The molecular weight excluding hydrogens is 422 g/mol. The molecule has 2 fully saturated rings. The number of aryl methyl sites for hydroxylation is 1. The van der Waals surface area contributed by atoms with Gasteiger partial charge in [0.15, 0.2) is 0 Å². The number of carbonyl (C=O) groups is 2. The molecule has 4 nitrogen and oxygen atoms in total. The number of anilines is 1. The Morgan fingerprint density at radius 3 is 2.29 bits per heavy atom. The van der Waals surface area contributed by atoms with Crippen molar-refractivity contribution in [3.05, 3.63) is 65.2 Å². The molecular formula is C30H39NO3. The van der Waals surface area contributed by atoms with Crippen molar-refractivity contribution in [2.45, 2.75) is 90.6 Å². The third-order valence-corrected chi connectivity index (χ3v) is 7.47. The molecule has 34 heavy (non-hydrogen) atoms. The Morgan fingerprint density at radius 1 is 1.03 bits per heavy atom. The molecule has 0 bridgehead atoms. The number of rotatable bonds is 7. The van der Waals surface area contributed by atoms with Gasteiger partial charge in [-0.1, -0.05) is 61.2 Å². The Labute approximate surface area is 204 Å². The Kier molecular flexibility index (Phi) is 7.16. The minimum Gasteiger partial charge on any atom is -0.460 e. The van der Waals surface area contributed by atoms with E-state index in [1.165, 1.54) is 18.4 Å². The summed E-state index contributed by atoms with van der Waals surface area (Å²) in [5.74, 6) is 0.225. The van der Waals surface area contributed by atoms with Crippen LogP contribution in [-0.4, -0.2) is 17.5 Å². The fourth-order valence-corrected chi connectivity index (χ4v) is 5.51. The molecule has 4 rings (SSSR count).